The Morgan fingerprint density at radius 1 is 1.26 bits per heavy atom. The SMILES string of the molecule is O=C1NCCN(C(=O)CCc2cn3ccccc3n2)[C@H]1c1cccc(F)c1. The van der Waals surface area contributed by atoms with E-state index >= 15 is 0 Å². The number of nitrogens with zero attached hydrogens (tertiary/aromatic N) is 3. The van der Waals surface area contributed by atoms with Gasteiger partial charge in [-0.25, -0.2) is 9.37 Å². The van der Waals surface area contributed by atoms with Crippen LogP contribution in [0.1, 0.15) is 23.7 Å². The molecule has 1 fully saturated rings. The van der Waals surface area contributed by atoms with E-state index in [9.17, 15) is 14.0 Å². The molecule has 0 bridgehead atoms. The van der Waals surface area contributed by atoms with Crippen LogP contribution in [0.2, 0.25) is 0 Å². The van der Waals surface area contributed by atoms with Crippen LogP contribution in [-0.2, 0) is 16.0 Å². The number of piperazine rings is 1. The molecule has 3 heterocycles. The van der Waals surface area contributed by atoms with Crippen LogP contribution in [0.15, 0.2) is 54.9 Å². The number of halogens is 1. The topological polar surface area (TPSA) is 66.7 Å². The zero-order chi connectivity index (χ0) is 18.8. The van der Waals surface area contributed by atoms with Gasteiger partial charge in [0.25, 0.3) is 0 Å². The Balaban J connectivity index is 1.51. The maximum atomic E-state index is 13.6. The van der Waals surface area contributed by atoms with Gasteiger partial charge in [0.05, 0.1) is 5.69 Å². The number of benzene rings is 1. The van der Waals surface area contributed by atoms with Crippen LogP contribution in [0.3, 0.4) is 0 Å². The first-order valence-corrected chi connectivity index (χ1v) is 8.87. The molecule has 138 valence electrons. The number of pyridine rings is 1. The first-order chi connectivity index (χ1) is 13.1. The molecule has 3 aromatic rings. The predicted octanol–water partition coefficient (Wildman–Crippen LogP) is 2.11. The van der Waals surface area contributed by atoms with E-state index < -0.39 is 11.9 Å². The summed E-state index contributed by atoms with van der Waals surface area (Å²) in [5.41, 5.74) is 2.13. The summed E-state index contributed by atoms with van der Waals surface area (Å²) < 4.78 is 15.5. The second kappa shape index (κ2) is 7.19. The number of imidazole rings is 1. The van der Waals surface area contributed by atoms with Crippen molar-refractivity contribution >= 4 is 17.5 Å². The molecule has 7 heteroatoms. The molecule has 1 saturated heterocycles. The molecule has 6 nitrogen and oxygen atoms in total. The van der Waals surface area contributed by atoms with Crippen LogP contribution < -0.4 is 5.32 Å². The third kappa shape index (κ3) is 3.53. The summed E-state index contributed by atoms with van der Waals surface area (Å²) in [4.78, 5) is 31.2. The summed E-state index contributed by atoms with van der Waals surface area (Å²) in [6.07, 6.45) is 4.52. The number of nitrogens with one attached hydrogen (secondary N) is 1. The highest BCUT2D eigenvalue weighted by molar-refractivity contribution is 5.89. The van der Waals surface area contributed by atoms with Crippen LogP contribution in [0, 0.1) is 5.82 Å². The number of carbonyl (C=O) groups excluding carboxylic acids is 2. The molecule has 27 heavy (non-hydrogen) atoms. The van der Waals surface area contributed by atoms with Crippen LogP contribution in [0.4, 0.5) is 4.39 Å². The van der Waals surface area contributed by atoms with Crippen molar-refractivity contribution in [1.29, 1.82) is 0 Å². The Bertz CT molecular complexity index is 967. The van der Waals surface area contributed by atoms with E-state index in [4.69, 9.17) is 0 Å². The van der Waals surface area contributed by atoms with E-state index in [2.05, 4.69) is 10.3 Å². The van der Waals surface area contributed by atoms with E-state index in [0.29, 0.717) is 25.1 Å². The Kier molecular flexibility index (Phi) is 4.58. The van der Waals surface area contributed by atoms with Crippen molar-refractivity contribution in [3.05, 3.63) is 71.9 Å². The quantitative estimate of drug-likeness (QED) is 0.769. The van der Waals surface area contributed by atoms with Gasteiger partial charge in [-0.1, -0.05) is 18.2 Å². The average Bonchev–Trinajstić information content (AvgIpc) is 3.09. The molecule has 0 radical (unpaired) electrons. The van der Waals surface area contributed by atoms with Crippen LogP contribution in [-0.4, -0.2) is 39.2 Å². The van der Waals surface area contributed by atoms with Crippen molar-refractivity contribution in [3.63, 3.8) is 0 Å². The molecule has 0 spiro atoms. The highest BCUT2D eigenvalue weighted by Gasteiger charge is 2.34. The van der Waals surface area contributed by atoms with Gasteiger partial charge in [0.1, 0.15) is 17.5 Å². The average molecular weight is 366 g/mol. The second-order valence-electron chi connectivity index (χ2n) is 6.53. The number of fused-ring (bicyclic) bond motifs is 1. The minimum absolute atomic E-state index is 0.142. The normalized spacial score (nSPS) is 17.1. The molecule has 1 aliphatic heterocycles. The summed E-state index contributed by atoms with van der Waals surface area (Å²) in [6.45, 7) is 0.793. The molecule has 0 aliphatic carbocycles. The van der Waals surface area contributed by atoms with Gasteiger partial charge < -0.3 is 14.6 Å². The molecule has 1 aromatic carbocycles. The fourth-order valence-corrected chi connectivity index (χ4v) is 3.43. The lowest BCUT2D eigenvalue weighted by Crippen LogP contribution is -2.52. The Hall–Kier alpha value is -3.22. The molecule has 2 amide bonds. The van der Waals surface area contributed by atoms with E-state index in [1.165, 1.54) is 17.0 Å². The summed E-state index contributed by atoms with van der Waals surface area (Å²) in [6, 6.07) is 10.8. The number of aryl methyl sites for hydroxylation is 1. The van der Waals surface area contributed by atoms with Gasteiger partial charge in [-0.3, -0.25) is 9.59 Å². The Labute approximate surface area is 155 Å². The van der Waals surface area contributed by atoms with E-state index in [0.717, 1.165) is 11.3 Å². The van der Waals surface area contributed by atoms with Crippen LogP contribution in [0.25, 0.3) is 5.65 Å². The first-order valence-electron chi connectivity index (χ1n) is 8.87. The molecular weight excluding hydrogens is 347 g/mol. The molecule has 0 saturated carbocycles. The van der Waals surface area contributed by atoms with Crippen LogP contribution >= 0.6 is 0 Å². The molecule has 4 rings (SSSR count). The molecular formula is C20H19FN4O2. The largest absolute Gasteiger partial charge is 0.352 e. The minimum atomic E-state index is -0.803. The zero-order valence-electron chi connectivity index (χ0n) is 14.6. The van der Waals surface area contributed by atoms with Crippen molar-refractivity contribution < 1.29 is 14.0 Å². The lowest BCUT2D eigenvalue weighted by molar-refractivity contribution is -0.143. The smallest absolute Gasteiger partial charge is 0.247 e. The van der Waals surface area contributed by atoms with E-state index in [1.54, 1.807) is 12.1 Å². The van der Waals surface area contributed by atoms with Gasteiger partial charge in [-0.15, -0.1) is 0 Å². The molecule has 1 aliphatic rings. The van der Waals surface area contributed by atoms with Crippen molar-refractivity contribution in [2.75, 3.05) is 13.1 Å². The van der Waals surface area contributed by atoms with Crippen molar-refractivity contribution in [2.45, 2.75) is 18.9 Å². The fourth-order valence-electron chi connectivity index (χ4n) is 3.43. The van der Waals surface area contributed by atoms with Gasteiger partial charge in [0, 0.05) is 31.9 Å². The van der Waals surface area contributed by atoms with Gasteiger partial charge in [0.15, 0.2) is 0 Å². The summed E-state index contributed by atoms with van der Waals surface area (Å²) in [5.74, 6) is -0.855. The molecule has 1 atom stereocenters. The molecule has 0 unspecified atom stereocenters. The minimum Gasteiger partial charge on any atom is -0.352 e. The number of aromatic nitrogens is 2. The van der Waals surface area contributed by atoms with Gasteiger partial charge in [-0.05, 0) is 36.2 Å². The third-order valence-corrected chi connectivity index (χ3v) is 4.71. The lowest BCUT2D eigenvalue weighted by atomic mass is 10.0. The summed E-state index contributed by atoms with van der Waals surface area (Å²) >= 11 is 0. The highest BCUT2D eigenvalue weighted by atomic mass is 19.1. The fraction of sp³-hybridized carbons (Fsp3) is 0.250. The van der Waals surface area contributed by atoms with Gasteiger partial charge >= 0.3 is 0 Å². The second-order valence-corrected chi connectivity index (χ2v) is 6.53. The number of hydrogen-bond acceptors (Lipinski definition) is 3. The Morgan fingerprint density at radius 3 is 2.96 bits per heavy atom. The van der Waals surface area contributed by atoms with E-state index in [-0.39, 0.29) is 18.2 Å². The first kappa shape index (κ1) is 17.2. The number of rotatable bonds is 4. The number of hydrogen-bond donors (Lipinski definition) is 1. The standard InChI is InChI=1S/C20H19FN4O2/c21-15-5-3-4-14(12-15)19-20(27)22-9-11-25(19)18(26)8-7-16-13-24-10-2-1-6-17(24)23-16/h1-6,10,12-13,19H,7-9,11H2,(H,22,27)/t19-/m0/s1. The van der Waals surface area contributed by atoms with Crippen LogP contribution in [0.5, 0.6) is 0 Å². The van der Waals surface area contributed by atoms with E-state index in [1.807, 2.05) is 35.0 Å². The maximum absolute atomic E-state index is 13.6. The highest BCUT2D eigenvalue weighted by Crippen LogP contribution is 2.25. The summed E-state index contributed by atoms with van der Waals surface area (Å²) in [7, 11) is 0. The van der Waals surface area contributed by atoms with Crippen molar-refractivity contribution in [1.82, 2.24) is 19.6 Å². The third-order valence-electron chi connectivity index (χ3n) is 4.71. The monoisotopic (exact) mass is 366 g/mol. The maximum Gasteiger partial charge on any atom is 0.247 e. The van der Waals surface area contributed by atoms with Gasteiger partial charge in [0.2, 0.25) is 11.8 Å². The molecule has 2 aromatic heterocycles. The zero-order valence-corrected chi connectivity index (χ0v) is 14.6. The van der Waals surface area contributed by atoms with Crippen molar-refractivity contribution in [3.8, 4) is 0 Å². The number of carbonyl (C=O) groups is 2. The summed E-state index contributed by atoms with van der Waals surface area (Å²) in [5, 5.41) is 2.76. The molecule has 1 N–H and O–H groups in total. The predicted molar refractivity (Wildman–Crippen MR) is 97.4 cm³/mol. The number of amides is 2. The Morgan fingerprint density at radius 2 is 2.15 bits per heavy atom. The van der Waals surface area contributed by atoms with Crippen molar-refractivity contribution in [2.24, 2.45) is 0 Å². The lowest BCUT2D eigenvalue weighted by Gasteiger charge is -2.35. The van der Waals surface area contributed by atoms with Gasteiger partial charge in [-0.2, -0.15) is 0 Å².